The molecule has 182 valence electrons. The molecule has 3 aromatic rings. The topological polar surface area (TPSA) is 104 Å². The third-order valence-electron chi connectivity index (χ3n) is 6.01. The number of carbonyl (C=O) groups is 1. The van der Waals surface area contributed by atoms with Crippen LogP contribution < -0.4 is 15.5 Å². The number of hydrogen-bond acceptors (Lipinski definition) is 7. The van der Waals surface area contributed by atoms with Crippen LogP contribution in [0, 0.1) is 10.1 Å². The van der Waals surface area contributed by atoms with Crippen LogP contribution in [0.4, 0.5) is 22.7 Å². The molecular weight excluding hydrogens is 468 g/mol. The second kappa shape index (κ2) is 10.7. The zero-order valence-electron chi connectivity index (χ0n) is 19.6. The van der Waals surface area contributed by atoms with Gasteiger partial charge >= 0.3 is 0 Å². The summed E-state index contributed by atoms with van der Waals surface area (Å²) < 4.78 is 0. The maximum Gasteiger partial charge on any atom is 0.293 e. The molecule has 1 unspecified atom stereocenters. The van der Waals surface area contributed by atoms with Gasteiger partial charge in [0.2, 0.25) is 0 Å². The number of nitrogens with zero attached hydrogens (tertiary/aromatic N) is 4. The van der Waals surface area contributed by atoms with Gasteiger partial charge in [-0.25, -0.2) is 0 Å². The first-order chi connectivity index (χ1) is 16.8. The van der Waals surface area contributed by atoms with Crippen molar-refractivity contribution in [2.75, 3.05) is 48.8 Å². The monoisotopic (exact) mass is 494 g/mol. The van der Waals surface area contributed by atoms with Gasteiger partial charge in [-0.1, -0.05) is 17.7 Å². The van der Waals surface area contributed by atoms with E-state index in [-0.39, 0.29) is 17.3 Å². The van der Waals surface area contributed by atoms with Crippen molar-refractivity contribution >= 4 is 40.3 Å². The SMILES string of the molecule is CC(Nc1ccc(C(=O)Nc2cc(Cl)ccc2N2CCN(C)CC2)cc1[N+](=O)[O-])c1ccccn1. The zero-order valence-corrected chi connectivity index (χ0v) is 20.3. The van der Waals surface area contributed by atoms with Crippen LogP contribution in [0.25, 0.3) is 0 Å². The van der Waals surface area contributed by atoms with E-state index < -0.39 is 10.8 Å². The van der Waals surface area contributed by atoms with Crippen LogP contribution in [-0.4, -0.2) is 53.9 Å². The van der Waals surface area contributed by atoms with Crippen LogP contribution >= 0.6 is 11.6 Å². The maximum absolute atomic E-state index is 13.1. The lowest BCUT2D eigenvalue weighted by molar-refractivity contribution is -0.384. The number of rotatable bonds is 7. The Labute approximate surface area is 208 Å². The Balaban J connectivity index is 1.56. The van der Waals surface area contributed by atoms with Crippen LogP contribution in [0.15, 0.2) is 60.8 Å². The van der Waals surface area contributed by atoms with Gasteiger partial charge < -0.3 is 20.4 Å². The molecular formula is C25H27ClN6O3. The fourth-order valence-corrected chi connectivity index (χ4v) is 4.18. The molecule has 1 aliphatic rings. The van der Waals surface area contributed by atoms with Crippen molar-refractivity contribution in [3.05, 3.63) is 87.2 Å². The summed E-state index contributed by atoms with van der Waals surface area (Å²) >= 11 is 6.21. The summed E-state index contributed by atoms with van der Waals surface area (Å²) in [5, 5.41) is 18.3. The van der Waals surface area contributed by atoms with Crippen molar-refractivity contribution in [3.8, 4) is 0 Å². The highest BCUT2D eigenvalue weighted by atomic mass is 35.5. The summed E-state index contributed by atoms with van der Waals surface area (Å²) in [4.78, 5) is 33.1. The van der Waals surface area contributed by atoms with Gasteiger partial charge in [0.15, 0.2) is 0 Å². The zero-order chi connectivity index (χ0) is 24.9. The average Bonchev–Trinajstić information content (AvgIpc) is 2.85. The lowest BCUT2D eigenvalue weighted by atomic mass is 10.1. The minimum Gasteiger partial charge on any atom is -0.371 e. The highest BCUT2D eigenvalue weighted by Crippen LogP contribution is 2.32. The molecule has 1 aromatic heterocycles. The molecule has 4 rings (SSSR count). The van der Waals surface area contributed by atoms with Crippen molar-refractivity contribution in [1.82, 2.24) is 9.88 Å². The highest BCUT2D eigenvalue weighted by Gasteiger charge is 2.22. The number of nitro groups is 1. The molecule has 10 heteroatoms. The molecule has 0 aliphatic carbocycles. The van der Waals surface area contributed by atoms with E-state index in [4.69, 9.17) is 11.6 Å². The van der Waals surface area contributed by atoms with E-state index in [1.54, 1.807) is 36.5 Å². The van der Waals surface area contributed by atoms with Crippen LogP contribution in [-0.2, 0) is 0 Å². The Morgan fingerprint density at radius 1 is 1.09 bits per heavy atom. The second-order valence-electron chi connectivity index (χ2n) is 8.52. The molecule has 0 radical (unpaired) electrons. The summed E-state index contributed by atoms with van der Waals surface area (Å²) in [6, 6.07) is 15.0. The number of pyridine rings is 1. The standard InChI is InChI=1S/C25H27ClN6O3/c1-17(20-5-3-4-10-27-20)28-21-8-6-18(15-24(21)32(34)35)25(33)29-22-16-19(26)7-9-23(22)31-13-11-30(2)12-14-31/h3-10,15-17,28H,11-14H2,1-2H3,(H,29,33). The molecule has 2 aromatic carbocycles. The summed E-state index contributed by atoms with van der Waals surface area (Å²) in [5.74, 6) is -0.449. The minimum absolute atomic E-state index is 0.178. The first-order valence-corrected chi connectivity index (χ1v) is 11.7. The molecule has 0 saturated carbocycles. The number of halogens is 1. The number of aromatic nitrogens is 1. The van der Waals surface area contributed by atoms with Crippen LogP contribution in [0.3, 0.4) is 0 Å². The van der Waals surface area contributed by atoms with Gasteiger partial charge in [0, 0.05) is 49.0 Å². The minimum atomic E-state index is -0.501. The van der Waals surface area contributed by atoms with Crippen LogP contribution in [0.1, 0.15) is 29.0 Å². The number of benzene rings is 2. The Morgan fingerprint density at radius 2 is 1.86 bits per heavy atom. The maximum atomic E-state index is 13.1. The van der Waals surface area contributed by atoms with Gasteiger partial charge in [0.1, 0.15) is 5.69 Å². The van der Waals surface area contributed by atoms with Gasteiger partial charge in [0.25, 0.3) is 11.6 Å². The lowest BCUT2D eigenvalue weighted by Gasteiger charge is -2.35. The van der Waals surface area contributed by atoms with Gasteiger partial charge in [-0.15, -0.1) is 0 Å². The summed E-state index contributed by atoms with van der Waals surface area (Å²) in [5.41, 5.74) is 2.49. The predicted molar refractivity (Wildman–Crippen MR) is 138 cm³/mol. The van der Waals surface area contributed by atoms with E-state index in [1.165, 1.54) is 6.07 Å². The number of carbonyl (C=O) groups excluding carboxylic acids is 1. The molecule has 2 heterocycles. The Bertz CT molecular complexity index is 1220. The molecule has 1 amide bonds. The van der Waals surface area contributed by atoms with E-state index in [2.05, 4.69) is 32.5 Å². The molecule has 1 aliphatic heterocycles. The summed E-state index contributed by atoms with van der Waals surface area (Å²) in [7, 11) is 2.07. The first kappa shape index (κ1) is 24.4. The number of nitro benzene ring substituents is 1. The fraction of sp³-hybridized carbons (Fsp3) is 0.280. The Hall–Kier alpha value is -3.69. The largest absolute Gasteiger partial charge is 0.371 e. The molecule has 35 heavy (non-hydrogen) atoms. The Kier molecular flexibility index (Phi) is 7.48. The number of anilines is 3. The molecule has 0 bridgehead atoms. The van der Waals surface area contributed by atoms with Crippen molar-refractivity contribution in [1.29, 1.82) is 0 Å². The third-order valence-corrected chi connectivity index (χ3v) is 6.25. The number of piperazine rings is 1. The van der Waals surface area contributed by atoms with Crippen molar-refractivity contribution < 1.29 is 9.72 Å². The fourth-order valence-electron chi connectivity index (χ4n) is 4.01. The number of hydrogen-bond donors (Lipinski definition) is 2. The molecule has 1 atom stereocenters. The smallest absolute Gasteiger partial charge is 0.293 e. The highest BCUT2D eigenvalue weighted by molar-refractivity contribution is 6.31. The Morgan fingerprint density at radius 3 is 2.54 bits per heavy atom. The van der Waals surface area contributed by atoms with Crippen molar-refractivity contribution in [3.63, 3.8) is 0 Å². The normalized spacial score (nSPS) is 14.9. The third kappa shape index (κ3) is 5.87. The average molecular weight is 495 g/mol. The van der Waals surface area contributed by atoms with Gasteiger partial charge in [-0.2, -0.15) is 0 Å². The first-order valence-electron chi connectivity index (χ1n) is 11.3. The molecule has 2 N–H and O–H groups in total. The van der Waals surface area contributed by atoms with Gasteiger partial charge in [-0.05, 0) is 56.4 Å². The summed E-state index contributed by atoms with van der Waals surface area (Å²) in [6.45, 7) is 5.33. The van der Waals surface area contributed by atoms with Crippen molar-refractivity contribution in [2.45, 2.75) is 13.0 Å². The molecule has 9 nitrogen and oxygen atoms in total. The van der Waals surface area contributed by atoms with E-state index in [9.17, 15) is 14.9 Å². The predicted octanol–water partition coefficient (Wildman–Crippen LogP) is 4.82. The number of likely N-dealkylation sites (N-methyl/N-ethyl adjacent to an activating group) is 1. The van der Waals surface area contributed by atoms with Gasteiger partial charge in [0.05, 0.1) is 28.0 Å². The van der Waals surface area contributed by atoms with Crippen LogP contribution in [0.2, 0.25) is 5.02 Å². The van der Waals surface area contributed by atoms with E-state index >= 15 is 0 Å². The van der Waals surface area contributed by atoms with E-state index in [1.807, 2.05) is 25.1 Å². The number of amides is 1. The van der Waals surface area contributed by atoms with E-state index in [0.717, 1.165) is 37.6 Å². The molecule has 1 fully saturated rings. The van der Waals surface area contributed by atoms with Crippen molar-refractivity contribution in [2.24, 2.45) is 0 Å². The lowest BCUT2D eigenvalue weighted by Crippen LogP contribution is -2.44. The van der Waals surface area contributed by atoms with Gasteiger partial charge in [-0.3, -0.25) is 19.9 Å². The quantitative estimate of drug-likeness (QED) is 0.358. The molecule has 1 saturated heterocycles. The second-order valence-corrected chi connectivity index (χ2v) is 8.95. The van der Waals surface area contributed by atoms with E-state index in [0.29, 0.717) is 16.4 Å². The number of nitrogens with one attached hydrogen (secondary N) is 2. The summed E-state index contributed by atoms with van der Waals surface area (Å²) in [6.07, 6.45) is 1.67. The molecule has 0 spiro atoms. The van der Waals surface area contributed by atoms with Crippen LogP contribution in [0.5, 0.6) is 0 Å².